The van der Waals surface area contributed by atoms with Gasteiger partial charge < -0.3 is 5.32 Å². The maximum atomic E-state index is 9.13. The van der Waals surface area contributed by atoms with E-state index in [1.54, 1.807) is 18.7 Å². The van der Waals surface area contributed by atoms with Crippen LogP contribution in [-0.2, 0) is 7.05 Å². The summed E-state index contributed by atoms with van der Waals surface area (Å²) in [5.41, 5.74) is 1.99. The minimum atomic E-state index is 0.534. The lowest BCUT2D eigenvalue weighted by Crippen LogP contribution is -2.01. The molecule has 2 aromatic rings. The molecule has 0 unspecified atom stereocenters. The molecule has 0 aliphatic carbocycles. The summed E-state index contributed by atoms with van der Waals surface area (Å²) in [5.74, 6) is 0.651. The largest absolute Gasteiger partial charge is 0.338 e. The number of nitriles is 1. The van der Waals surface area contributed by atoms with Crippen LogP contribution in [0.1, 0.15) is 11.3 Å². The first-order chi connectivity index (χ1) is 8.52. The second-order valence-corrected chi connectivity index (χ2v) is 5.45. The van der Waals surface area contributed by atoms with Crippen LogP contribution in [0.2, 0.25) is 5.02 Å². The fraction of sp³-hybridized carbons (Fsp3) is 0.167. The van der Waals surface area contributed by atoms with Crippen molar-refractivity contribution in [1.82, 2.24) is 9.78 Å². The zero-order chi connectivity index (χ0) is 13.3. The Morgan fingerprint density at radius 3 is 2.83 bits per heavy atom. The number of halogens is 2. The predicted molar refractivity (Wildman–Crippen MR) is 80.1 cm³/mol. The van der Waals surface area contributed by atoms with E-state index in [1.165, 1.54) is 0 Å². The van der Waals surface area contributed by atoms with Crippen LogP contribution >= 0.6 is 34.2 Å². The summed E-state index contributed by atoms with van der Waals surface area (Å²) in [6, 6.07) is 7.84. The van der Waals surface area contributed by atoms with Gasteiger partial charge in [0.05, 0.1) is 16.4 Å². The van der Waals surface area contributed by atoms with Crippen LogP contribution in [-0.4, -0.2) is 9.78 Å². The molecular formula is C12H10ClIN4. The Hall–Kier alpha value is -1.26. The summed E-state index contributed by atoms with van der Waals surface area (Å²) in [4.78, 5) is 0. The Balaban J connectivity index is 2.43. The average Bonchev–Trinajstić information content (AvgIpc) is 2.57. The minimum absolute atomic E-state index is 0.534. The van der Waals surface area contributed by atoms with Gasteiger partial charge in [-0.1, -0.05) is 11.6 Å². The van der Waals surface area contributed by atoms with E-state index < -0.39 is 0 Å². The van der Waals surface area contributed by atoms with Gasteiger partial charge in [-0.15, -0.1) is 0 Å². The number of hydrogen-bond donors (Lipinski definition) is 1. The summed E-state index contributed by atoms with van der Waals surface area (Å²) in [6.45, 7) is 1.80. The highest BCUT2D eigenvalue weighted by molar-refractivity contribution is 14.1. The van der Waals surface area contributed by atoms with Crippen LogP contribution in [0.3, 0.4) is 0 Å². The third kappa shape index (κ3) is 2.44. The van der Waals surface area contributed by atoms with Crippen LogP contribution in [0.5, 0.6) is 0 Å². The Labute approximate surface area is 124 Å². The molecule has 18 heavy (non-hydrogen) atoms. The monoisotopic (exact) mass is 372 g/mol. The Morgan fingerprint density at radius 2 is 2.22 bits per heavy atom. The molecule has 0 bridgehead atoms. The van der Waals surface area contributed by atoms with Gasteiger partial charge in [0.15, 0.2) is 0 Å². The molecule has 0 atom stereocenters. The van der Waals surface area contributed by atoms with Crippen molar-refractivity contribution in [2.75, 3.05) is 5.32 Å². The third-order valence-electron chi connectivity index (χ3n) is 2.52. The summed E-state index contributed by atoms with van der Waals surface area (Å²) in [7, 11) is 1.79. The van der Waals surface area contributed by atoms with Crippen molar-refractivity contribution in [2.24, 2.45) is 7.05 Å². The third-order valence-corrected chi connectivity index (χ3v) is 3.50. The minimum Gasteiger partial charge on any atom is -0.338 e. The quantitative estimate of drug-likeness (QED) is 0.820. The standard InChI is InChI=1S/C12H10ClIN4/c1-7-9(6-15)12(18(2)17-7)16-11-4-3-8(14)5-10(11)13/h3-5,16H,1-2H3. The summed E-state index contributed by atoms with van der Waals surface area (Å²) in [5, 5.41) is 17.1. The highest BCUT2D eigenvalue weighted by Gasteiger charge is 2.13. The lowest BCUT2D eigenvalue weighted by Gasteiger charge is -2.09. The molecule has 0 radical (unpaired) electrons. The molecule has 0 saturated heterocycles. The highest BCUT2D eigenvalue weighted by atomic mass is 127. The molecule has 6 heteroatoms. The normalized spacial score (nSPS) is 10.2. The molecule has 0 fully saturated rings. The van der Waals surface area contributed by atoms with Crippen LogP contribution in [0.4, 0.5) is 11.5 Å². The molecule has 1 aromatic heterocycles. The van der Waals surface area contributed by atoms with Gasteiger partial charge in [0.2, 0.25) is 0 Å². The first kappa shape index (κ1) is 13.2. The van der Waals surface area contributed by atoms with Crippen molar-refractivity contribution in [3.63, 3.8) is 0 Å². The molecule has 0 spiro atoms. The van der Waals surface area contributed by atoms with Gasteiger partial charge in [-0.3, -0.25) is 4.68 Å². The van der Waals surface area contributed by atoms with E-state index >= 15 is 0 Å². The SMILES string of the molecule is Cc1nn(C)c(Nc2ccc(I)cc2Cl)c1C#N. The molecule has 0 saturated carbocycles. The second kappa shape index (κ2) is 5.16. The van der Waals surface area contributed by atoms with Gasteiger partial charge in [0, 0.05) is 10.6 Å². The number of aryl methyl sites for hydroxylation is 2. The molecule has 0 aliphatic rings. The van der Waals surface area contributed by atoms with E-state index in [1.807, 2.05) is 18.2 Å². The maximum absolute atomic E-state index is 9.13. The first-order valence-electron chi connectivity index (χ1n) is 5.18. The second-order valence-electron chi connectivity index (χ2n) is 3.79. The molecule has 92 valence electrons. The summed E-state index contributed by atoms with van der Waals surface area (Å²) in [6.07, 6.45) is 0. The Morgan fingerprint density at radius 1 is 1.50 bits per heavy atom. The fourth-order valence-corrected chi connectivity index (χ4v) is 2.56. The van der Waals surface area contributed by atoms with Gasteiger partial charge in [-0.25, -0.2) is 0 Å². The molecule has 2 rings (SSSR count). The topological polar surface area (TPSA) is 53.6 Å². The lowest BCUT2D eigenvalue weighted by atomic mass is 10.2. The zero-order valence-corrected chi connectivity index (χ0v) is 12.7. The van der Waals surface area contributed by atoms with Crippen molar-refractivity contribution >= 4 is 45.7 Å². The number of anilines is 2. The number of aromatic nitrogens is 2. The maximum Gasteiger partial charge on any atom is 0.146 e. The van der Waals surface area contributed by atoms with Crippen molar-refractivity contribution in [3.05, 3.63) is 38.0 Å². The van der Waals surface area contributed by atoms with E-state index in [4.69, 9.17) is 16.9 Å². The molecule has 1 heterocycles. The summed E-state index contributed by atoms with van der Waals surface area (Å²) >= 11 is 8.35. The van der Waals surface area contributed by atoms with Gasteiger partial charge in [0.1, 0.15) is 17.5 Å². The highest BCUT2D eigenvalue weighted by Crippen LogP contribution is 2.29. The van der Waals surface area contributed by atoms with Crippen LogP contribution in [0, 0.1) is 21.8 Å². The number of nitrogens with zero attached hydrogens (tertiary/aromatic N) is 3. The van der Waals surface area contributed by atoms with Crippen molar-refractivity contribution in [3.8, 4) is 6.07 Å². The Bertz CT molecular complexity index is 642. The molecule has 1 N–H and O–H groups in total. The smallest absolute Gasteiger partial charge is 0.146 e. The molecular weight excluding hydrogens is 363 g/mol. The Kier molecular flexibility index (Phi) is 3.78. The molecule has 1 aromatic carbocycles. The first-order valence-corrected chi connectivity index (χ1v) is 6.64. The zero-order valence-electron chi connectivity index (χ0n) is 9.83. The van der Waals surface area contributed by atoms with E-state index in [-0.39, 0.29) is 0 Å². The molecule has 0 amide bonds. The number of hydrogen-bond acceptors (Lipinski definition) is 3. The number of benzene rings is 1. The van der Waals surface area contributed by atoms with Gasteiger partial charge >= 0.3 is 0 Å². The summed E-state index contributed by atoms with van der Waals surface area (Å²) < 4.78 is 2.70. The van der Waals surface area contributed by atoms with Crippen molar-refractivity contribution in [1.29, 1.82) is 5.26 Å². The number of nitrogens with one attached hydrogen (secondary N) is 1. The predicted octanol–water partition coefficient (Wildman–Crippen LogP) is 3.60. The van der Waals surface area contributed by atoms with Crippen LogP contribution in [0.25, 0.3) is 0 Å². The van der Waals surface area contributed by atoms with Gasteiger partial charge in [0.25, 0.3) is 0 Å². The number of rotatable bonds is 2. The fourth-order valence-electron chi connectivity index (χ4n) is 1.65. The molecule has 0 aliphatic heterocycles. The van der Waals surface area contributed by atoms with Crippen molar-refractivity contribution < 1.29 is 0 Å². The van der Waals surface area contributed by atoms with E-state index in [0.29, 0.717) is 22.1 Å². The van der Waals surface area contributed by atoms with E-state index in [2.05, 4.69) is 39.1 Å². The van der Waals surface area contributed by atoms with Gasteiger partial charge in [-0.05, 0) is 47.7 Å². The van der Waals surface area contributed by atoms with Crippen LogP contribution in [0.15, 0.2) is 18.2 Å². The van der Waals surface area contributed by atoms with Crippen molar-refractivity contribution in [2.45, 2.75) is 6.92 Å². The van der Waals surface area contributed by atoms with Gasteiger partial charge in [-0.2, -0.15) is 10.4 Å². The van der Waals surface area contributed by atoms with E-state index in [0.717, 1.165) is 9.26 Å². The molecule has 4 nitrogen and oxygen atoms in total. The van der Waals surface area contributed by atoms with E-state index in [9.17, 15) is 0 Å². The average molecular weight is 373 g/mol. The lowest BCUT2D eigenvalue weighted by molar-refractivity contribution is 0.765. The van der Waals surface area contributed by atoms with Crippen LogP contribution < -0.4 is 5.32 Å².